The first-order chi connectivity index (χ1) is 10.2. The predicted octanol–water partition coefficient (Wildman–Crippen LogP) is 2.87. The van der Waals surface area contributed by atoms with Crippen LogP contribution in [0.15, 0.2) is 28.7 Å². The van der Waals surface area contributed by atoms with Crippen molar-refractivity contribution in [2.45, 2.75) is 31.8 Å². The molecule has 2 unspecified atom stereocenters. The van der Waals surface area contributed by atoms with Crippen LogP contribution < -0.4 is 5.73 Å². The molecule has 1 aliphatic heterocycles. The molecule has 1 aliphatic rings. The van der Waals surface area contributed by atoms with Crippen molar-refractivity contribution in [2.24, 2.45) is 5.73 Å². The lowest BCUT2D eigenvalue weighted by molar-refractivity contribution is 0.120. The standard InChI is InChI=1S/C15H19ClN4O/c1-2-20-9-12(17)7-8-13(20)15-19-18-14(21-15)10-3-5-11(16)6-4-10/h3-6,12-13H,2,7-9,17H2,1H3. The number of rotatable bonds is 3. The van der Waals surface area contributed by atoms with Gasteiger partial charge < -0.3 is 10.2 Å². The fraction of sp³-hybridized carbons (Fsp3) is 0.467. The topological polar surface area (TPSA) is 68.2 Å². The second-order valence-corrected chi connectivity index (χ2v) is 5.83. The summed E-state index contributed by atoms with van der Waals surface area (Å²) in [5.74, 6) is 1.21. The average Bonchev–Trinajstić information content (AvgIpc) is 2.97. The maximum Gasteiger partial charge on any atom is 0.247 e. The lowest BCUT2D eigenvalue weighted by Gasteiger charge is -2.35. The summed E-state index contributed by atoms with van der Waals surface area (Å²) in [7, 11) is 0. The molecular formula is C15H19ClN4O. The molecule has 0 amide bonds. The van der Waals surface area contributed by atoms with E-state index in [4.69, 9.17) is 21.8 Å². The van der Waals surface area contributed by atoms with Gasteiger partial charge in [-0.3, -0.25) is 4.90 Å². The zero-order chi connectivity index (χ0) is 14.8. The Morgan fingerprint density at radius 3 is 2.76 bits per heavy atom. The number of piperidine rings is 1. The van der Waals surface area contributed by atoms with Gasteiger partial charge in [-0.2, -0.15) is 0 Å². The molecule has 2 aromatic rings. The van der Waals surface area contributed by atoms with Crippen LogP contribution in [0.2, 0.25) is 5.02 Å². The third-order valence-electron chi connectivity index (χ3n) is 3.94. The van der Waals surface area contributed by atoms with Crippen molar-refractivity contribution < 1.29 is 4.42 Å². The molecule has 5 nitrogen and oxygen atoms in total. The SMILES string of the molecule is CCN1CC(N)CCC1c1nnc(-c2ccc(Cl)cc2)o1. The number of halogens is 1. The van der Waals surface area contributed by atoms with Gasteiger partial charge >= 0.3 is 0 Å². The first-order valence-electron chi connectivity index (χ1n) is 7.26. The van der Waals surface area contributed by atoms with Gasteiger partial charge in [0.2, 0.25) is 11.8 Å². The highest BCUT2D eigenvalue weighted by atomic mass is 35.5. The van der Waals surface area contributed by atoms with Crippen LogP contribution in [0.4, 0.5) is 0 Å². The molecule has 1 fully saturated rings. The summed E-state index contributed by atoms with van der Waals surface area (Å²) in [5, 5.41) is 9.08. The first-order valence-corrected chi connectivity index (χ1v) is 7.64. The number of nitrogens with two attached hydrogens (primary N) is 1. The molecule has 0 bridgehead atoms. The van der Waals surface area contributed by atoms with E-state index in [0.29, 0.717) is 16.8 Å². The molecule has 1 aromatic carbocycles. The van der Waals surface area contributed by atoms with Crippen LogP contribution in [-0.4, -0.2) is 34.2 Å². The van der Waals surface area contributed by atoms with Gasteiger partial charge in [-0.15, -0.1) is 10.2 Å². The molecule has 0 spiro atoms. The summed E-state index contributed by atoms with van der Waals surface area (Å²) >= 11 is 5.89. The van der Waals surface area contributed by atoms with Crippen LogP contribution in [0, 0.1) is 0 Å². The summed E-state index contributed by atoms with van der Waals surface area (Å²) in [5.41, 5.74) is 6.91. The minimum Gasteiger partial charge on any atom is -0.419 e. The van der Waals surface area contributed by atoms with Gasteiger partial charge in [0.15, 0.2) is 0 Å². The van der Waals surface area contributed by atoms with Crippen molar-refractivity contribution in [3.05, 3.63) is 35.2 Å². The summed E-state index contributed by atoms with van der Waals surface area (Å²) in [6, 6.07) is 7.81. The Morgan fingerprint density at radius 1 is 1.29 bits per heavy atom. The third kappa shape index (κ3) is 3.10. The maximum absolute atomic E-state index is 6.03. The summed E-state index contributed by atoms with van der Waals surface area (Å²) in [6.45, 7) is 3.93. The van der Waals surface area contributed by atoms with E-state index in [2.05, 4.69) is 22.0 Å². The van der Waals surface area contributed by atoms with Crippen molar-refractivity contribution in [2.75, 3.05) is 13.1 Å². The van der Waals surface area contributed by atoms with Gasteiger partial charge in [0.1, 0.15) is 0 Å². The Labute approximate surface area is 129 Å². The smallest absolute Gasteiger partial charge is 0.247 e. The number of hydrogen-bond donors (Lipinski definition) is 1. The number of likely N-dealkylation sites (N-methyl/N-ethyl adjacent to an activating group) is 1. The van der Waals surface area contributed by atoms with Gasteiger partial charge in [-0.25, -0.2) is 0 Å². The molecule has 21 heavy (non-hydrogen) atoms. The van der Waals surface area contributed by atoms with Crippen molar-refractivity contribution in [1.29, 1.82) is 0 Å². The van der Waals surface area contributed by atoms with E-state index in [0.717, 1.165) is 31.5 Å². The molecule has 1 aromatic heterocycles. The Balaban J connectivity index is 1.82. The lowest BCUT2D eigenvalue weighted by atomic mass is 9.99. The van der Waals surface area contributed by atoms with Crippen molar-refractivity contribution >= 4 is 11.6 Å². The minimum absolute atomic E-state index is 0.170. The van der Waals surface area contributed by atoms with Crippen molar-refractivity contribution in [3.8, 4) is 11.5 Å². The summed E-state index contributed by atoms with van der Waals surface area (Å²) < 4.78 is 5.87. The summed E-state index contributed by atoms with van der Waals surface area (Å²) in [4.78, 5) is 2.30. The van der Waals surface area contributed by atoms with Gasteiger partial charge in [-0.1, -0.05) is 18.5 Å². The Morgan fingerprint density at radius 2 is 2.05 bits per heavy atom. The quantitative estimate of drug-likeness (QED) is 0.944. The minimum atomic E-state index is 0.170. The maximum atomic E-state index is 6.03. The molecule has 3 rings (SSSR count). The van der Waals surface area contributed by atoms with E-state index in [1.54, 1.807) is 0 Å². The molecule has 0 saturated carbocycles. The third-order valence-corrected chi connectivity index (χ3v) is 4.20. The lowest BCUT2D eigenvalue weighted by Crippen LogP contribution is -2.44. The normalized spacial score (nSPS) is 23.4. The molecule has 112 valence electrons. The van der Waals surface area contributed by atoms with E-state index in [9.17, 15) is 0 Å². The second-order valence-electron chi connectivity index (χ2n) is 5.39. The molecule has 6 heteroatoms. The van der Waals surface area contributed by atoms with Crippen molar-refractivity contribution in [1.82, 2.24) is 15.1 Å². The second kappa shape index (κ2) is 6.13. The highest BCUT2D eigenvalue weighted by Gasteiger charge is 2.30. The molecule has 0 aliphatic carbocycles. The molecule has 0 radical (unpaired) electrons. The molecule has 2 N–H and O–H groups in total. The van der Waals surface area contributed by atoms with Crippen LogP contribution >= 0.6 is 11.6 Å². The monoisotopic (exact) mass is 306 g/mol. The fourth-order valence-electron chi connectivity index (χ4n) is 2.78. The van der Waals surface area contributed by atoms with Gasteiger partial charge in [-0.05, 0) is 43.7 Å². The van der Waals surface area contributed by atoms with E-state index in [-0.39, 0.29) is 12.1 Å². The first kappa shape index (κ1) is 14.5. The van der Waals surface area contributed by atoms with E-state index < -0.39 is 0 Å². The molecule has 2 heterocycles. The Kier molecular flexibility index (Phi) is 4.24. The highest BCUT2D eigenvalue weighted by Crippen LogP contribution is 2.31. The van der Waals surface area contributed by atoms with E-state index >= 15 is 0 Å². The van der Waals surface area contributed by atoms with Crippen LogP contribution in [0.25, 0.3) is 11.5 Å². The Bertz CT molecular complexity index is 598. The van der Waals surface area contributed by atoms with Gasteiger partial charge in [0, 0.05) is 23.2 Å². The van der Waals surface area contributed by atoms with Crippen LogP contribution in [-0.2, 0) is 0 Å². The number of aromatic nitrogens is 2. The van der Waals surface area contributed by atoms with E-state index in [1.807, 2.05) is 24.3 Å². The van der Waals surface area contributed by atoms with E-state index in [1.165, 1.54) is 0 Å². The number of benzene rings is 1. The average molecular weight is 307 g/mol. The highest BCUT2D eigenvalue weighted by molar-refractivity contribution is 6.30. The number of hydrogen-bond acceptors (Lipinski definition) is 5. The Hall–Kier alpha value is -1.43. The molecular weight excluding hydrogens is 288 g/mol. The largest absolute Gasteiger partial charge is 0.419 e. The molecule has 1 saturated heterocycles. The van der Waals surface area contributed by atoms with Gasteiger partial charge in [0.05, 0.1) is 6.04 Å². The zero-order valence-electron chi connectivity index (χ0n) is 12.0. The van der Waals surface area contributed by atoms with Crippen molar-refractivity contribution in [3.63, 3.8) is 0 Å². The summed E-state index contributed by atoms with van der Waals surface area (Å²) in [6.07, 6.45) is 1.94. The van der Waals surface area contributed by atoms with Crippen LogP contribution in [0.1, 0.15) is 31.7 Å². The fourth-order valence-corrected chi connectivity index (χ4v) is 2.91. The predicted molar refractivity (Wildman–Crippen MR) is 81.9 cm³/mol. The van der Waals surface area contributed by atoms with Crippen LogP contribution in [0.3, 0.4) is 0 Å². The number of nitrogens with zero attached hydrogens (tertiary/aromatic N) is 3. The van der Waals surface area contributed by atoms with Gasteiger partial charge in [0.25, 0.3) is 0 Å². The number of likely N-dealkylation sites (tertiary alicyclic amines) is 1. The zero-order valence-corrected chi connectivity index (χ0v) is 12.8. The van der Waals surface area contributed by atoms with Crippen LogP contribution in [0.5, 0.6) is 0 Å². The molecule has 2 atom stereocenters.